The number of nitrogens with one attached hydrogen (secondary N) is 1. The molecule has 0 heterocycles. The molecule has 102 valence electrons. The number of rotatable bonds is 4. The van der Waals surface area contributed by atoms with Crippen molar-refractivity contribution in [3.63, 3.8) is 0 Å². The first-order valence-electron chi connectivity index (χ1n) is 6.99. The van der Waals surface area contributed by atoms with Crippen molar-refractivity contribution < 1.29 is 4.79 Å². The third-order valence-electron chi connectivity index (χ3n) is 3.69. The first kappa shape index (κ1) is 12.9. The second-order valence-corrected chi connectivity index (χ2v) is 5.15. The summed E-state index contributed by atoms with van der Waals surface area (Å²) in [4.78, 5) is 11.7. The number of amides is 1. The third-order valence-corrected chi connectivity index (χ3v) is 3.69. The molecule has 0 radical (unpaired) electrons. The molecule has 0 saturated carbocycles. The van der Waals surface area contributed by atoms with Crippen LogP contribution >= 0.6 is 0 Å². The lowest BCUT2D eigenvalue weighted by Crippen LogP contribution is -2.13. The van der Waals surface area contributed by atoms with E-state index < -0.39 is 0 Å². The highest BCUT2D eigenvalue weighted by Crippen LogP contribution is 2.37. The summed E-state index contributed by atoms with van der Waals surface area (Å²) in [6.45, 7) is 0.549. The van der Waals surface area contributed by atoms with E-state index in [9.17, 15) is 4.79 Å². The van der Waals surface area contributed by atoms with E-state index in [0.29, 0.717) is 13.0 Å². The number of carbonyl (C=O) groups is 1. The number of hydrogen-bond donors (Lipinski definition) is 2. The van der Waals surface area contributed by atoms with Crippen LogP contribution < -0.4 is 11.1 Å². The lowest BCUT2D eigenvalue weighted by atomic mass is 10.1. The van der Waals surface area contributed by atoms with Gasteiger partial charge in [-0.2, -0.15) is 0 Å². The van der Waals surface area contributed by atoms with Crippen LogP contribution in [0.15, 0.2) is 42.5 Å². The quantitative estimate of drug-likeness (QED) is 0.763. The van der Waals surface area contributed by atoms with Crippen LogP contribution in [-0.2, 0) is 11.2 Å². The molecule has 1 amide bonds. The fourth-order valence-electron chi connectivity index (χ4n) is 2.71. The van der Waals surface area contributed by atoms with Gasteiger partial charge in [-0.1, -0.05) is 30.3 Å². The molecule has 0 spiro atoms. The number of fused-ring (bicyclic) bond motifs is 3. The van der Waals surface area contributed by atoms with E-state index in [1.54, 1.807) is 0 Å². The topological polar surface area (TPSA) is 55.1 Å². The summed E-state index contributed by atoms with van der Waals surface area (Å²) in [6.07, 6.45) is 2.15. The summed E-state index contributed by atoms with van der Waals surface area (Å²) in [5.41, 5.74) is 11.5. The first-order chi connectivity index (χ1) is 9.78. The van der Waals surface area contributed by atoms with E-state index in [1.807, 2.05) is 6.07 Å². The third kappa shape index (κ3) is 2.45. The molecule has 2 aromatic carbocycles. The van der Waals surface area contributed by atoms with Crippen molar-refractivity contribution in [2.24, 2.45) is 5.73 Å². The molecule has 3 N–H and O–H groups in total. The Balaban J connectivity index is 1.79. The minimum atomic E-state index is 0.0333. The highest BCUT2D eigenvalue weighted by Gasteiger charge is 2.18. The molecule has 0 bridgehead atoms. The molecule has 1 aliphatic rings. The lowest BCUT2D eigenvalue weighted by Gasteiger charge is -2.07. The van der Waals surface area contributed by atoms with Crippen LogP contribution in [-0.4, -0.2) is 12.5 Å². The summed E-state index contributed by atoms with van der Waals surface area (Å²) in [5, 5.41) is 2.94. The Hall–Kier alpha value is -2.13. The van der Waals surface area contributed by atoms with Crippen molar-refractivity contribution in [1.82, 2.24) is 0 Å². The highest BCUT2D eigenvalue weighted by molar-refractivity contribution is 5.91. The molecule has 0 unspecified atom stereocenters. The Labute approximate surface area is 118 Å². The number of carbonyl (C=O) groups excluding carboxylic acids is 1. The second-order valence-electron chi connectivity index (χ2n) is 5.15. The number of anilines is 1. The van der Waals surface area contributed by atoms with Gasteiger partial charge in [0.1, 0.15) is 0 Å². The lowest BCUT2D eigenvalue weighted by molar-refractivity contribution is -0.116. The van der Waals surface area contributed by atoms with Crippen molar-refractivity contribution in [3.05, 3.63) is 53.6 Å². The Morgan fingerprint density at radius 2 is 1.90 bits per heavy atom. The van der Waals surface area contributed by atoms with E-state index >= 15 is 0 Å². The van der Waals surface area contributed by atoms with Gasteiger partial charge in [-0.3, -0.25) is 4.79 Å². The van der Waals surface area contributed by atoms with E-state index in [4.69, 9.17) is 5.73 Å². The van der Waals surface area contributed by atoms with Crippen LogP contribution in [0.1, 0.15) is 24.0 Å². The van der Waals surface area contributed by atoms with Gasteiger partial charge in [-0.05, 0) is 53.8 Å². The summed E-state index contributed by atoms with van der Waals surface area (Å²) in [5.74, 6) is 0.0333. The van der Waals surface area contributed by atoms with E-state index in [0.717, 1.165) is 18.5 Å². The summed E-state index contributed by atoms with van der Waals surface area (Å²) < 4.78 is 0. The SMILES string of the molecule is NCCCC(=O)Nc1ccc2c(c1)Cc1ccccc1-2. The highest BCUT2D eigenvalue weighted by atomic mass is 16.1. The van der Waals surface area contributed by atoms with Crippen LogP contribution in [0.5, 0.6) is 0 Å². The number of hydrogen-bond acceptors (Lipinski definition) is 2. The second kappa shape index (κ2) is 5.47. The predicted molar refractivity (Wildman–Crippen MR) is 81.6 cm³/mol. The Morgan fingerprint density at radius 1 is 1.10 bits per heavy atom. The minimum absolute atomic E-state index is 0.0333. The molecule has 20 heavy (non-hydrogen) atoms. The normalized spacial score (nSPS) is 11.8. The van der Waals surface area contributed by atoms with Crippen molar-refractivity contribution >= 4 is 11.6 Å². The zero-order chi connectivity index (χ0) is 13.9. The molecule has 0 fully saturated rings. The van der Waals surface area contributed by atoms with Crippen LogP contribution in [0.2, 0.25) is 0 Å². The van der Waals surface area contributed by atoms with Gasteiger partial charge < -0.3 is 11.1 Å². The van der Waals surface area contributed by atoms with Gasteiger partial charge in [-0.15, -0.1) is 0 Å². The monoisotopic (exact) mass is 266 g/mol. The molecule has 3 heteroatoms. The maximum absolute atomic E-state index is 11.7. The maximum Gasteiger partial charge on any atom is 0.224 e. The molecule has 3 rings (SSSR count). The van der Waals surface area contributed by atoms with E-state index in [-0.39, 0.29) is 5.91 Å². The molecule has 2 aromatic rings. The van der Waals surface area contributed by atoms with Crippen molar-refractivity contribution in [3.8, 4) is 11.1 Å². The van der Waals surface area contributed by atoms with Crippen molar-refractivity contribution in [2.75, 3.05) is 11.9 Å². The summed E-state index contributed by atoms with van der Waals surface area (Å²) >= 11 is 0. The van der Waals surface area contributed by atoms with Crippen molar-refractivity contribution in [2.45, 2.75) is 19.3 Å². The number of benzene rings is 2. The summed E-state index contributed by atoms with van der Waals surface area (Å²) in [6, 6.07) is 14.6. The standard InChI is InChI=1S/C17H18N2O/c18-9-3-6-17(20)19-14-7-8-16-13(11-14)10-12-4-1-2-5-15(12)16/h1-2,4-5,7-8,11H,3,6,9-10,18H2,(H,19,20). The van der Waals surface area contributed by atoms with Gasteiger partial charge in [0.15, 0.2) is 0 Å². The van der Waals surface area contributed by atoms with Crippen LogP contribution in [0.25, 0.3) is 11.1 Å². The molecular formula is C17H18N2O. The Bertz CT molecular complexity index is 649. The molecule has 0 aliphatic heterocycles. The van der Waals surface area contributed by atoms with Gasteiger partial charge >= 0.3 is 0 Å². The van der Waals surface area contributed by atoms with Gasteiger partial charge in [0.05, 0.1) is 0 Å². The largest absolute Gasteiger partial charge is 0.330 e. The fourth-order valence-corrected chi connectivity index (χ4v) is 2.71. The van der Waals surface area contributed by atoms with Gasteiger partial charge in [0, 0.05) is 12.1 Å². The molecule has 1 aliphatic carbocycles. The molecule has 0 saturated heterocycles. The van der Waals surface area contributed by atoms with Gasteiger partial charge in [-0.25, -0.2) is 0 Å². The van der Waals surface area contributed by atoms with E-state index in [2.05, 4.69) is 41.7 Å². The minimum Gasteiger partial charge on any atom is -0.330 e. The van der Waals surface area contributed by atoms with Crippen LogP contribution in [0, 0.1) is 0 Å². The predicted octanol–water partition coefficient (Wildman–Crippen LogP) is 2.94. The van der Waals surface area contributed by atoms with Crippen molar-refractivity contribution in [1.29, 1.82) is 0 Å². The number of nitrogens with two attached hydrogens (primary N) is 1. The molecule has 3 nitrogen and oxygen atoms in total. The van der Waals surface area contributed by atoms with Crippen LogP contribution in [0.4, 0.5) is 5.69 Å². The molecular weight excluding hydrogens is 248 g/mol. The first-order valence-corrected chi connectivity index (χ1v) is 6.99. The smallest absolute Gasteiger partial charge is 0.224 e. The molecule has 0 aromatic heterocycles. The van der Waals surface area contributed by atoms with Crippen LogP contribution in [0.3, 0.4) is 0 Å². The average Bonchev–Trinajstić information content (AvgIpc) is 2.82. The Morgan fingerprint density at radius 3 is 2.75 bits per heavy atom. The Kier molecular flexibility index (Phi) is 3.52. The zero-order valence-corrected chi connectivity index (χ0v) is 11.4. The fraction of sp³-hybridized carbons (Fsp3) is 0.235. The maximum atomic E-state index is 11.7. The van der Waals surface area contributed by atoms with E-state index in [1.165, 1.54) is 22.3 Å². The van der Waals surface area contributed by atoms with Gasteiger partial charge in [0.25, 0.3) is 0 Å². The summed E-state index contributed by atoms with van der Waals surface area (Å²) in [7, 11) is 0. The van der Waals surface area contributed by atoms with Gasteiger partial charge in [0.2, 0.25) is 5.91 Å². The zero-order valence-electron chi connectivity index (χ0n) is 11.4. The average molecular weight is 266 g/mol. The molecule has 0 atom stereocenters.